The Morgan fingerprint density at radius 3 is 2.39 bits per heavy atom. The van der Waals surface area contributed by atoms with E-state index in [2.05, 4.69) is 10.2 Å². The smallest absolute Gasteiger partial charge is 0.203 e. The van der Waals surface area contributed by atoms with Crippen LogP contribution in [0.5, 0.6) is 23.0 Å². The van der Waals surface area contributed by atoms with Gasteiger partial charge in [0.15, 0.2) is 16.6 Å². The molecule has 1 aliphatic rings. The summed E-state index contributed by atoms with van der Waals surface area (Å²) >= 11 is 5.77. The lowest BCUT2D eigenvalue weighted by Crippen LogP contribution is -2.39. The Bertz CT molecular complexity index is 861. The highest BCUT2D eigenvalue weighted by Crippen LogP contribution is 2.38. The summed E-state index contributed by atoms with van der Waals surface area (Å²) in [5, 5.41) is 3.93. The second-order valence-electron chi connectivity index (χ2n) is 7.21. The summed E-state index contributed by atoms with van der Waals surface area (Å²) in [4.78, 5) is 2.10. The molecule has 31 heavy (non-hydrogen) atoms. The first-order valence-corrected chi connectivity index (χ1v) is 10.6. The van der Waals surface area contributed by atoms with Crippen LogP contribution in [0.1, 0.15) is 18.4 Å². The summed E-state index contributed by atoms with van der Waals surface area (Å²) < 4.78 is 27.6. The van der Waals surface area contributed by atoms with Gasteiger partial charge in [0.1, 0.15) is 5.75 Å². The average molecular weight is 447 g/mol. The monoisotopic (exact) mass is 446 g/mol. The van der Waals surface area contributed by atoms with Gasteiger partial charge >= 0.3 is 0 Å². The minimum atomic E-state index is 0.145. The van der Waals surface area contributed by atoms with Crippen molar-refractivity contribution in [1.29, 1.82) is 0 Å². The number of benzene rings is 2. The van der Waals surface area contributed by atoms with Gasteiger partial charge in [-0.2, -0.15) is 0 Å². The van der Waals surface area contributed by atoms with Crippen LogP contribution in [0, 0.1) is 0 Å². The molecule has 0 radical (unpaired) electrons. The van der Waals surface area contributed by atoms with E-state index in [1.807, 2.05) is 36.4 Å². The Labute approximate surface area is 189 Å². The molecule has 1 atom stereocenters. The fourth-order valence-corrected chi connectivity index (χ4v) is 3.86. The van der Waals surface area contributed by atoms with Crippen LogP contribution in [0.2, 0.25) is 0 Å². The van der Waals surface area contributed by atoms with Crippen molar-refractivity contribution in [3.05, 3.63) is 42.0 Å². The van der Waals surface area contributed by atoms with Gasteiger partial charge in [-0.15, -0.1) is 0 Å². The lowest BCUT2D eigenvalue weighted by Gasteiger charge is -2.29. The van der Waals surface area contributed by atoms with E-state index in [1.54, 1.807) is 28.4 Å². The lowest BCUT2D eigenvalue weighted by molar-refractivity contribution is 0.0905. The number of thiocarbonyl (C=S) groups is 1. The molecule has 7 nitrogen and oxygen atoms in total. The first-order valence-electron chi connectivity index (χ1n) is 10.2. The zero-order valence-corrected chi connectivity index (χ0v) is 19.3. The van der Waals surface area contributed by atoms with Crippen molar-refractivity contribution >= 4 is 23.0 Å². The van der Waals surface area contributed by atoms with Crippen LogP contribution in [0.3, 0.4) is 0 Å². The zero-order valence-electron chi connectivity index (χ0n) is 18.5. The highest BCUT2D eigenvalue weighted by Gasteiger charge is 2.22. The molecule has 0 saturated carbocycles. The number of methoxy groups -OCH3 is 4. The van der Waals surface area contributed by atoms with Crippen LogP contribution in [0.15, 0.2) is 36.4 Å². The van der Waals surface area contributed by atoms with E-state index < -0.39 is 0 Å². The third-order valence-corrected chi connectivity index (χ3v) is 5.51. The Kier molecular flexibility index (Phi) is 8.20. The molecular formula is C23H30N2O5S. The predicted octanol–water partition coefficient (Wildman–Crippen LogP) is 4.10. The van der Waals surface area contributed by atoms with Gasteiger partial charge in [0.2, 0.25) is 5.75 Å². The van der Waals surface area contributed by atoms with Crippen LogP contribution >= 0.6 is 12.2 Å². The molecule has 2 aromatic carbocycles. The molecule has 1 unspecified atom stereocenters. The van der Waals surface area contributed by atoms with Crippen molar-refractivity contribution in [2.75, 3.05) is 46.9 Å². The van der Waals surface area contributed by atoms with Gasteiger partial charge in [-0.25, -0.2) is 0 Å². The van der Waals surface area contributed by atoms with E-state index in [4.69, 9.17) is 35.9 Å². The molecular weight excluding hydrogens is 416 g/mol. The average Bonchev–Trinajstić information content (AvgIpc) is 3.31. The Balaban J connectivity index is 1.83. The SMILES string of the molecule is COc1cccc(NC(=S)N(Cc2cc(OC)c(OC)c(OC)c2)CC2CCCO2)c1. The number of nitrogens with one attached hydrogen (secondary N) is 1. The van der Waals surface area contributed by atoms with Crippen molar-refractivity contribution < 1.29 is 23.7 Å². The maximum Gasteiger partial charge on any atom is 0.203 e. The van der Waals surface area contributed by atoms with Crippen molar-refractivity contribution in [2.24, 2.45) is 0 Å². The largest absolute Gasteiger partial charge is 0.497 e. The van der Waals surface area contributed by atoms with Gasteiger partial charge in [0, 0.05) is 31.5 Å². The lowest BCUT2D eigenvalue weighted by atomic mass is 10.1. The van der Waals surface area contributed by atoms with Gasteiger partial charge in [0.25, 0.3) is 0 Å². The summed E-state index contributed by atoms with van der Waals surface area (Å²) in [5.74, 6) is 2.56. The number of anilines is 1. The molecule has 8 heteroatoms. The quantitative estimate of drug-likeness (QED) is 0.578. The predicted molar refractivity (Wildman–Crippen MR) is 125 cm³/mol. The summed E-state index contributed by atoms with van der Waals surface area (Å²) in [6.45, 7) is 2.04. The van der Waals surface area contributed by atoms with Gasteiger partial charge in [-0.05, 0) is 54.9 Å². The van der Waals surface area contributed by atoms with E-state index in [1.165, 1.54) is 0 Å². The van der Waals surface area contributed by atoms with E-state index in [0.29, 0.717) is 35.5 Å². The molecule has 3 rings (SSSR count). The van der Waals surface area contributed by atoms with Crippen molar-refractivity contribution in [2.45, 2.75) is 25.5 Å². The molecule has 0 aromatic heterocycles. The summed E-state index contributed by atoms with van der Waals surface area (Å²) in [6.07, 6.45) is 2.24. The van der Waals surface area contributed by atoms with Crippen molar-refractivity contribution in [1.82, 2.24) is 4.90 Å². The summed E-state index contributed by atoms with van der Waals surface area (Å²) in [5.41, 5.74) is 1.86. The van der Waals surface area contributed by atoms with Gasteiger partial charge < -0.3 is 33.9 Å². The first kappa shape index (κ1) is 23.0. The maximum absolute atomic E-state index is 5.87. The molecule has 1 aliphatic heterocycles. The first-order chi connectivity index (χ1) is 15.1. The van der Waals surface area contributed by atoms with Crippen LogP contribution in [-0.4, -0.2) is 57.7 Å². The van der Waals surface area contributed by atoms with Gasteiger partial charge in [-0.1, -0.05) is 6.07 Å². The molecule has 0 aliphatic carbocycles. The minimum Gasteiger partial charge on any atom is -0.497 e. The molecule has 0 amide bonds. The highest BCUT2D eigenvalue weighted by atomic mass is 32.1. The normalized spacial score (nSPS) is 15.3. The van der Waals surface area contributed by atoms with E-state index in [0.717, 1.165) is 36.4 Å². The van der Waals surface area contributed by atoms with Crippen molar-refractivity contribution in [3.63, 3.8) is 0 Å². The molecule has 0 bridgehead atoms. The molecule has 0 spiro atoms. The number of hydrogen-bond donors (Lipinski definition) is 1. The van der Waals surface area contributed by atoms with Gasteiger partial charge in [-0.3, -0.25) is 0 Å². The molecule has 1 N–H and O–H groups in total. The Morgan fingerprint density at radius 1 is 1.06 bits per heavy atom. The van der Waals surface area contributed by atoms with Crippen LogP contribution < -0.4 is 24.3 Å². The second-order valence-corrected chi connectivity index (χ2v) is 7.60. The zero-order chi connectivity index (χ0) is 22.2. The van der Waals surface area contributed by atoms with Crippen LogP contribution in [0.4, 0.5) is 5.69 Å². The minimum absolute atomic E-state index is 0.145. The molecule has 1 heterocycles. The fourth-order valence-electron chi connectivity index (χ4n) is 3.60. The van der Waals surface area contributed by atoms with Crippen LogP contribution in [-0.2, 0) is 11.3 Å². The molecule has 168 valence electrons. The standard InChI is InChI=1S/C23H30N2O5S/c1-26-18-8-5-7-17(13-18)24-23(31)25(15-19-9-6-10-30-19)14-16-11-20(27-2)22(29-4)21(12-16)28-3/h5,7-8,11-13,19H,6,9-10,14-15H2,1-4H3,(H,24,31). The van der Waals surface area contributed by atoms with E-state index >= 15 is 0 Å². The number of nitrogens with zero attached hydrogens (tertiary/aromatic N) is 1. The summed E-state index contributed by atoms with van der Waals surface area (Å²) in [6, 6.07) is 11.6. The topological polar surface area (TPSA) is 61.4 Å². The van der Waals surface area contributed by atoms with E-state index in [9.17, 15) is 0 Å². The Morgan fingerprint density at radius 2 is 1.81 bits per heavy atom. The van der Waals surface area contributed by atoms with Gasteiger partial charge in [0.05, 0.1) is 34.5 Å². The molecule has 2 aromatic rings. The summed E-state index contributed by atoms with van der Waals surface area (Å²) in [7, 11) is 6.46. The van der Waals surface area contributed by atoms with Crippen LogP contribution in [0.25, 0.3) is 0 Å². The third-order valence-electron chi connectivity index (χ3n) is 5.15. The third kappa shape index (κ3) is 5.92. The van der Waals surface area contributed by atoms with E-state index in [-0.39, 0.29) is 6.10 Å². The maximum atomic E-state index is 5.87. The van der Waals surface area contributed by atoms with Crippen molar-refractivity contribution in [3.8, 4) is 23.0 Å². The molecule has 1 fully saturated rings. The second kappa shape index (κ2) is 11.1. The Hall–Kier alpha value is -2.71. The number of rotatable bonds is 9. The number of ether oxygens (including phenoxy) is 5. The molecule has 1 saturated heterocycles. The highest BCUT2D eigenvalue weighted by molar-refractivity contribution is 7.80. The fraction of sp³-hybridized carbons (Fsp3) is 0.435. The number of hydrogen-bond acceptors (Lipinski definition) is 6.